The first-order valence-corrected chi connectivity index (χ1v) is 11.6. The van der Waals surface area contributed by atoms with Gasteiger partial charge in [-0.05, 0) is 45.2 Å². The van der Waals surface area contributed by atoms with Gasteiger partial charge in [0.05, 0.1) is 11.7 Å². The lowest BCUT2D eigenvalue weighted by Crippen LogP contribution is -2.40. The smallest absolute Gasteiger partial charge is 0.233 e. The number of hydrogen-bond donors (Lipinski definition) is 2. The SMILES string of the molecule is CCn1c(CC(=O)Nc2ccccc2C)nnc1SC(C)C(=O)NC1CCCCC1. The quantitative estimate of drug-likeness (QED) is 0.625. The second-order valence-corrected chi connectivity index (χ2v) is 9.09. The summed E-state index contributed by atoms with van der Waals surface area (Å²) in [5.74, 6) is 0.508. The van der Waals surface area contributed by atoms with Crippen LogP contribution in [0.4, 0.5) is 5.69 Å². The maximum atomic E-state index is 12.6. The monoisotopic (exact) mass is 429 g/mol. The zero-order valence-electron chi connectivity index (χ0n) is 18.0. The van der Waals surface area contributed by atoms with E-state index in [0.29, 0.717) is 23.6 Å². The molecule has 0 radical (unpaired) electrons. The van der Waals surface area contributed by atoms with Gasteiger partial charge in [0, 0.05) is 18.3 Å². The van der Waals surface area contributed by atoms with Gasteiger partial charge >= 0.3 is 0 Å². The molecule has 1 aromatic carbocycles. The second-order valence-electron chi connectivity index (χ2n) is 7.79. The third-order valence-electron chi connectivity index (χ3n) is 5.45. The van der Waals surface area contributed by atoms with E-state index in [1.54, 1.807) is 0 Å². The summed E-state index contributed by atoms with van der Waals surface area (Å²) in [6, 6.07) is 7.96. The van der Waals surface area contributed by atoms with Crippen LogP contribution in [0.2, 0.25) is 0 Å². The summed E-state index contributed by atoms with van der Waals surface area (Å²) in [5, 5.41) is 15.0. The molecule has 2 amide bonds. The number of para-hydroxylation sites is 1. The lowest BCUT2D eigenvalue weighted by atomic mass is 9.95. The van der Waals surface area contributed by atoms with Crippen LogP contribution in [-0.4, -0.2) is 37.9 Å². The Bertz CT molecular complexity index is 876. The molecule has 1 aromatic heterocycles. The Morgan fingerprint density at radius 3 is 2.63 bits per heavy atom. The molecule has 1 aliphatic carbocycles. The number of benzene rings is 1. The molecular weight excluding hydrogens is 398 g/mol. The van der Waals surface area contributed by atoms with Crippen molar-refractivity contribution >= 4 is 29.3 Å². The molecule has 3 rings (SSSR count). The van der Waals surface area contributed by atoms with Crippen molar-refractivity contribution in [1.82, 2.24) is 20.1 Å². The highest BCUT2D eigenvalue weighted by Gasteiger charge is 2.23. The average Bonchev–Trinajstić information content (AvgIpc) is 3.11. The number of nitrogens with one attached hydrogen (secondary N) is 2. The van der Waals surface area contributed by atoms with Gasteiger partial charge < -0.3 is 15.2 Å². The van der Waals surface area contributed by atoms with Crippen molar-refractivity contribution in [3.8, 4) is 0 Å². The van der Waals surface area contributed by atoms with E-state index < -0.39 is 0 Å². The van der Waals surface area contributed by atoms with Gasteiger partial charge in [-0.25, -0.2) is 0 Å². The van der Waals surface area contributed by atoms with Gasteiger partial charge in [0.2, 0.25) is 11.8 Å². The normalized spacial score (nSPS) is 15.6. The Hall–Kier alpha value is -2.35. The fourth-order valence-corrected chi connectivity index (χ4v) is 4.62. The molecule has 7 nitrogen and oxygen atoms in total. The summed E-state index contributed by atoms with van der Waals surface area (Å²) in [5.41, 5.74) is 1.81. The van der Waals surface area contributed by atoms with E-state index in [4.69, 9.17) is 0 Å². The molecule has 1 fully saturated rings. The summed E-state index contributed by atoms with van der Waals surface area (Å²) in [4.78, 5) is 25.1. The number of amides is 2. The maximum absolute atomic E-state index is 12.6. The fraction of sp³-hybridized carbons (Fsp3) is 0.545. The molecule has 0 aliphatic heterocycles. The van der Waals surface area contributed by atoms with E-state index in [1.807, 2.05) is 49.6 Å². The van der Waals surface area contributed by atoms with Crippen molar-refractivity contribution in [3.05, 3.63) is 35.7 Å². The molecule has 0 bridgehead atoms. The standard InChI is InChI=1S/C22H31N5O2S/c1-4-27-19(14-20(28)24-18-13-9-8-10-15(18)2)25-26-22(27)30-16(3)21(29)23-17-11-6-5-7-12-17/h8-10,13,16-17H,4-7,11-12,14H2,1-3H3,(H,23,29)(H,24,28). The van der Waals surface area contributed by atoms with Crippen LogP contribution >= 0.6 is 11.8 Å². The Morgan fingerprint density at radius 2 is 1.93 bits per heavy atom. The number of aryl methyl sites for hydroxylation is 1. The van der Waals surface area contributed by atoms with E-state index in [0.717, 1.165) is 24.1 Å². The summed E-state index contributed by atoms with van der Waals surface area (Å²) >= 11 is 1.39. The Morgan fingerprint density at radius 1 is 1.20 bits per heavy atom. The van der Waals surface area contributed by atoms with Gasteiger partial charge in [-0.1, -0.05) is 49.2 Å². The van der Waals surface area contributed by atoms with Crippen LogP contribution in [0.15, 0.2) is 29.4 Å². The van der Waals surface area contributed by atoms with Gasteiger partial charge in [0.25, 0.3) is 0 Å². The zero-order valence-corrected chi connectivity index (χ0v) is 18.8. The molecule has 162 valence electrons. The predicted octanol–water partition coefficient (Wildman–Crippen LogP) is 3.72. The van der Waals surface area contributed by atoms with E-state index in [-0.39, 0.29) is 23.5 Å². The van der Waals surface area contributed by atoms with Gasteiger partial charge in [0.1, 0.15) is 5.82 Å². The van der Waals surface area contributed by atoms with Gasteiger partial charge in [0.15, 0.2) is 5.16 Å². The fourth-order valence-electron chi connectivity index (χ4n) is 3.68. The van der Waals surface area contributed by atoms with E-state index in [2.05, 4.69) is 20.8 Å². The average molecular weight is 430 g/mol. The van der Waals surface area contributed by atoms with Crippen LogP contribution in [0.1, 0.15) is 57.3 Å². The summed E-state index contributed by atoms with van der Waals surface area (Å²) < 4.78 is 1.91. The highest BCUT2D eigenvalue weighted by molar-refractivity contribution is 8.00. The minimum atomic E-state index is -0.268. The number of aromatic nitrogens is 3. The van der Waals surface area contributed by atoms with Gasteiger partial charge in [-0.2, -0.15) is 0 Å². The third-order valence-corrected chi connectivity index (χ3v) is 6.53. The summed E-state index contributed by atoms with van der Waals surface area (Å²) in [6.07, 6.45) is 5.90. The molecule has 8 heteroatoms. The van der Waals surface area contributed by atoms with Crippen LogP contribution in [-0.2, 0) is 22.6 Å². The Kier molecular flexibility index (Phi) is 7.90. The zero-order chi connectivity index (χ0) is 21.5. The predicted molar refractivity (Wildman–Crippen MR) is 120 cm³/mol. The first kappa shape index (κ1) is 22.3. The molecule has 0 saturated heterocycles. The van der Waals surface area contributed by atoms with Gasteiger partial charge in [-0.15, -0.1) is 10.2 Å². The highest BCUT2D eigenvalue weighted by Crippen LogP contribution is 2.24. The molecule has 1 atom stereocenters. The van der Waals surface area contributed by atoms with Crippen molar-refractivity contribution in [2.24, 2.45) is 0 Å². The Labute approximate surface area is 182 Å². The van der Waals surface area contributed by atoms with Crippen LogP contribution in [0.25, 0.3) is 0 Å². The highest BCUT2D eigenvalue weighted by atomic mass is 32.2. The number of carbonyl (C=O) groups excluding carboxylic acids is 2. The molecule has 30 heavy (non-hydrogen) atoms. The van der Waals surface area contributed by atoms with Crippen LogP contribution in [0, 0.1) is 6.92 Å². The van der Waals surface area contributed by atoms with Crippen molar-refractivity contribution < 1.29 is 9.59 Å². The number of rotatable bonds is 8. The Balaban J connectivity index is 1.59. The van der Waals surface area contributed by atoms with Crippen LogP contribution in [0.5, 0.6) is 0 Å². The third kappa shape index (κ3) is 5.84. The van der Waals surface area contributed by atoms with Crippen LogP contribution < -0.4 is 10.6 Å². The molecule has 1 aliphatic rings. The lowest BCUT2D eigenvalue weighted by Gasteiger charge is -2.24. The molecule has 1 heterocycles. The maximum Gasteiger partial charge on any atom is 0.233 e. The lowest BCUT2D eigenvalue weighted by molar-refractivity contribution is -0.121. The largest absolute Gasteiger partial charge is 0.352 e. The number of hydrogen-bond acceptors (Lipinski definition) is 5. The first-order valence-electron chi connectivity index (χ1n) is 10.7. The van der Waals surface area contributed by atoms with Crippen LogP contribution in [0.3, 0.4) is 0 Å². The summed E-state index contributed by atoms with van der Waals surface area (Å²) in [7, 11) is 0. The molecule has 2 aromatic rings. The van der Waals surface area contributed by atoms with E-state index >= 15 is 0 Å². The molecule has 1 saturated carbocycles. The number of nitrogens with zero attached hydrogens (tertiary/aromatic N) is 3. The molecule has 1 unspecified atom stereocenters. The molecular formula is C22H31N5O2S. The topological polar surface area (TPSA) is 88.9 Å². The van der Waals surface area contributed by atoms with Gasteiger partial charge in [-0.3, -0.25) is 9.59 Å². The van der Waals surface area contributed by atoms with Crippen molar-refractivity contribution in [2.75, 3.05) is 5.32 Å². The number of thioether (sulfide) groups is 1. The number of anilines is 1. The minimum Gasteiger partial charge on any atom is -0.352 e. The van der Waals surface area contributed by atoms with E-state index in [1.165, 1.54) is 31.0 Å². The minimum absolute atomic E-state index is 0.0383. The molecule has 2 N–H and O–H groups in total. The van der Waals surface area contributed by atoms with Crippen molar-refractivity contribution in [2.45, 2.75) is 82.3 Å². The van der Waals surface area contributed by atoms with E-state index in [9.17, 15) is 9.59 Å². The molecule has 0 spiro atoms. The first-order chi connectivity index (χ1) is 14.5. The van der Waals surface area contributed by atoms with Crippen molar-refractivity contribution in [1.29, 1.82) is 0 Å². The number of carbonyl (C=O) groups is 2. The second kappa shape index (κ2) is 10.6. The summed E-state index contributed by atoms with van der Waals surface area (Å²) in [6.45, 7) is 6.48. The van der Waals surface area contributed by atoms with Crippen molar-refractivity contribution in [3.63, 3.8) is 0 Å².